The molecule has 1 nitrogen and oxygen atoms in total. The van der Waals surface area contributed by atoms with Gasteiger partial charge in [-0.1, -0.05) is 76.2 Å². The average Bonchev–Trinajstić information content (AvgIpc) is 3.07. The van der Waals surface area contributed by atoms with Crippen LogP contribution in [0, 0.1) is 10.8 Å². The summed E-state index contributed by atoms with van der Waals surface area (Å²) in [5, 5.41) is 0. The van der Waals surface area contributed by atoms with Crippen molar-refractivity contribution in [2.75, 3.05) is 0 Å². The molecular formula is C33H35N. The van der Waals surface area contributed by atoms with Gasteiger partial charge in [-0.25, -0.2) is 0 Å². The molecule has 2 bridgehead atoms. The monoisotopic (exact) mass is 445 g/mol. The Bertz CT molecular complexity index is 1360. The summed E-state index contributed by atoms with van der Waals surface area (Å²) in [6.45, 7) is 11.9. The number of hydrogen-bond donors (Lipinski definition) is 0. The van der Waals surface area contributed by atoms with Gasteiger partial charge < -0.3 is 0 Å². The summed E-state index contributed by atoms with van der Waals surface area (Å²) in [6.07, 6.45) is 12.0. The molecule has 4 aliphatic carbocycles. The molecule has 1 aromatic heterocycles. The highest BCUT2D eigenvalue weighted by Gasteiger charge is 2.49. The van der Waals surface area contributed by atoms with E-state index in [0.29, 0.717) is 10.8 Å². The van der Waals surface area contributed by atoms with Crippen LogP contribution in [0.25, 0.3) is 28.5 Å². The molecule has 3 fully saturated rings. The van der Waals surface area contributed by atoms with Crippen LogP contribution < -0.4 is 0 Å². The van der Waals surface area contributed by atoms with Crippen molar-refractivity contribution in [1.29, 1.82) is 0 Å². The van der Waals surface area contributed by atoms with Crippen molar-refractivity contribution in [3.05, 3.63) is 94.7 Å². The standard InChI is InChI=1S/C33H35N/c1-6-26-29(33(5)16-14-32(26,4)15-17-33)19-22-13-18-34-30(20-22)23-11-12-25-24-9-7-8-10-27(24)31(2,3)28(25)21-23/h6-13,18-21H,14-17H2,1-5H3/b26-6+,29-19+. The largest absolute Gasteiger partial charge is 0.256 e. The average molecular weight is 446 g/mol. The maximum atomic E-state index is 4.80. The van der Waals surface area contributed by atoms with E-state index in [9.17, 15) is 0 Å². The van der Waals surface area contributed by atoms with Crippen molar-refractivity contribution in [1.82, 2.24) is 4.98 Å². The Balaban J connectivity index is 1.42. The molecule has 3 saturated carbocycles. The van der Waals surface area contributed by atoms with Crippen LogP contribution >= 0.6 is 0 Å². The van der Waals surface area contributed by atoms with Crippen molar-refractivity contribution in [3.8, 4) is 22.4 Å². The van der Waals surface area contributed by atoms with E-state index >= 15 is 0 Å². The smallest absolute Gasteiger partial charge is 0.0708 e. The second-order valence-electron chi connectivity index (χ2n) is 11.8. The van der Waals surface area contributed by atoms with E-state index in [1.165, 1.54) is 59.1 Å². The fourth-order valence-corrected chi connectivity index (χ4v) is 7.02. The van der Waals surface area contributed by atoms with E-state index < -0.39 is 0 Å². The van der Waals surface area contributed by atoms with Crippen LogP contribution in [0.15, 0.2) is 78.0 Å². The molecule has 2 aromatic carbocycles. The van der Waals surface area contributed by atoms with Gasteiger partial charge in [0.2, 0.25) is 0 Å². The Kier molecular flexibility index (Phi) is 4.63. The van der Waals surface area contributed by atoms with E-state index in [1.54, 1.807) is 11.1 Å². The number of benzene rings is 2. The quantitative estimate of drug-likeness (QED) is 0.383. The van der Waals surface area contributed by atoms with Crippen molar-refractivity contribution in [2.45, 2.75) is 65.7 Å². The summed E-state index contributed by atoms with van der Waals surface area (Å²) in [7, 11) is 0. The zero-order valence-corrected chi connectivity index (χ0v) is 21.2. The van der Waals surface area contributed by atoms with Crippen LogP contribution in [0.2, 0.25) is 0 Å². The van der Waals surface area contributed by atoms with Gasteiger partial charge in [-0.15, -0.1) is 0 Å². The summed E-state index contributed by atoms with van der Waals surface area (Å²) in [6, 6.07) is 20.2. The molecule has 0 aliphatic heterocycles. The van der Waals surface area contributed by atoms with Crippen LogP contribution in [0.4, 0.5) is 0 Å². The third-order valence-electron chi connectivity index (χ3n) is 9.31. The van der Waals surface area contributed by atoms with Crippen LogP contribution in [0.1, 0.15) is 77.0 Å². The van der Waals surface area contributed by atoms with E-state index in [0.717, 1.165) is 5.69 Å². The Morgan fingerprint density at radius 1 is 0.735 bits per heavy atom. The van der Waals surface area contributed by atoms with Crippen LogP contribution in [0.3, 0.4) is 0 Å². The number of allylic oxidation sites excluding steroid dienone is 3. The predicted molar refractivity (Wildman–Crippen MR) is 144 cm³/mol. The highest BCUT2D eigenvalue weighted by molar-refractivity contribution is 5.83. The second-order valence-corrected chi connectivity index (χ2v) is 11.8. The molecule has 3 aromatic rings. The molecule has 172 valence electrons. The first kappa shape index (κ1) is 21.6. The molecule has 1 heteroatoms. The highest BCUT2D eigenvalue weighted by atomic mass is 14.7. The number of rotatable bonds is 2. The number of aromatic nitrogens is 1. The van der Waals surface area contributed by atoms with Gasteiger partial charge in [-0.05, 0) is 101 Å². The molecule has 0 saturated heterocycles. The van der Waals surface area contributed by atoms with Gasteiger partial charge in [0.1, 0.15) is 0 Å². The van der Waals surface area contributed by atoms with E-state index in [4.69, 9.17) is 4.98 Å². The molecule has 0 spiro atoms. The van der Waals surface area contributed by atoms with Crippen LogP contribution in [0.5, 0.6) is 0 Å². The van der Waals surface area contributed by atoms with Crippen molar-refractivity contribution in [2.24, 2.45) is 10.8 Å². The third kappa shape index (κ3) is 3.02. The zero-order valence-electron chi connectivity index (χ0n) is 21.2. The first-order chi connectivity index (χ1) is 16.2. The highest BCUT2D eigenvalue weighted by Crippen LogP contribution is 2.62. The van der Waals surface area contributed by atoms with Gasteiger partial charge in [-0.2, -0.15) is 0 Å². The molecule has 0 unspecified atom stereocenters. The normalized spacial score (nSPS) is 28.9. The number of nitrogens with zero attached hydrogens (tertiary/aromatic N) is 1. The molecule has 0 radical (unpaired) electrons. The minimum Gasteiger partial charge on any atom is -0.256 e. The zero-order chi connectivity index (χ0) is 23.7. The van der Waals surface area contributed by atoms with Gasteiger partial charge >= 0.3 is 0 Å². The van der Waals surface area contributed by atoms with Gasteiger partial charge in [0, 0.05) is 17.2 Å². The van der Waals surface area contributed by atoms with Gasteiger partial charge in [0.25, 0.3) is 0 Å². The lowest BCUT2D eigenvalue weighted by Crippen LogP contribution is -2.42. The molecule has 0 amide bonds. The van der Waals surface area contributed by atoms with Gasteiger partial charge in [-0.3, -0.25) is 4.98 Å². The summed E-state index contributed by atoms with van der Waals surface area (Å²) in [5.41, 5.74) is 12.8. The fourth-order valence-electron chi connectivity index (χ4n) is 7.02. The lowest BCUT2D eigenvalue weighted by molar-refractivity contribution is 0.122. The van der Waals surface area contributed by atoms with Crippen molar-refractivity contribution in [3.63, 3.8) is 0 Å². The molecule has 0 atom stereocenters. The van der Waals surface area contributed by atoms with Crippen molar-refractivity contribution < 1.29 is 0 Å². The number of hydrogen-bond acceptors (Lipinski definition) is 1. The Morgan fingerprint density at radius 2 is 1.41 bits per heavy atom. The lowest BCUT2D eigenvalue weighted by Gasteiger charge is -2.54. The van der Waals surface area contributed by atoms with Crippen LogP contribution in [-0.4, -0.2) is 4.98 Å². The predicted octanol–water partition coefficient (Wildman–Crippen LogP) is 8.98. The van der Waals surface area contributed by atoms with E-state index in [-0.39, 0.29) is 5.41 Å². The third-order valence-corrected chi connectivity index (χ3v) is 9.31. The topological polar surface area (TPSA) is 12.9 Å². The maximum absolute atomic E-state index is 4.80. The summed E-state index contributed by atoms with van der Waals surface area (Å²) in [4.78, 5) is 4.80. The number of pyridine rings is 1. The minimum atomic E-state index is 0.00765. The van der Waals surface area contributed by atoms with Gasteiger partial charge in [0.05, 0.1) is 5.69 Å². The summed E-state index contributed by atoms with van der Waals surface area (Å²) < 4.78 is 0. The summed E-state index contributed by atoms with van der Waals surface area (Å²) >= 11 is 0. The van der Waals surface area contributed by atoms with Gasteiger partial charge in [0.15, 0.2) is 0 Å². The van der Waals surface area contributed by atoms with E-state index in [2.05, 4.69) is 101 Å². The molecule has 4 aliphatic rings. The molecule has 1 heterocycles. The molecule has 34 heavy (non-hydrogen) atoms. The summed E-state index contributed by atoms with van der Waals surface area (Å²) in [5.74, 6) is 0. The molecule has 0 N–H and O–H groups in total. The molecule has 7 rings (SSSR count). The lowest BCUT2D eigenvalue weighted by atomic mass is 9.50. The Labute approximate surface area is 204 Å². The maximum Gasteiger partial charge on any atom is 0.0708 e. The SMILES string of the molecule is C/C=C1\C(=C/c2ccnc(-c3ccc4c(c3)C(C)(C)c3ccccc3-4)c2)C2(C)CCC1(C)CC2. The first-order valence-electron chi connectivity index (χ1n) is 12.9. The molecular weight excluding hydrogens is 410 g/mol. The van der Waals surface area contributed by atoms with Crippen molar-refractivity contribution >= 4 is 6.08 Å². The number of fused-ring (bicyclic) bond motifs is 6. The minimum absolute atomic E-state index is 0.00765. The Hall–Kier alpha value is -2.93. The second kappa shape index (κ2) is 7.28. The van der Waals surface area contributed by atoms with Crippen LogP contribution in [-0.2, 0) is 5.41 Å². The first-order valence-corrected chi connectivity index (χ1v) is 12.9. The Morgan fingerprint density at radius 3 is 2.15 bits per heavy atom. The van der Waals surface area contributed by atoms with E-state index in [1.807, 2.05) is 6.20 Å². The fraction of sp³-hybridized carbons (Fsp3) is 0.364.